The number of nitrogens with zero attached hydrogens (tertiary/aromatic N) is 1. The quantitative estimate of drug-likeness (QED) is 0.676. The minimum Gasteiger partial charge on any atom is -0.319 e. The number of pyridine rings is 1. The van der Waals surface area contributed by atoms with Crippen LogP contribution in [-0.4, -0.2) is 10.9 Å². The van der Waals surface area contributed by atoms with E-state index in [-0.39, 0.29) is 5.56 Å². The van der Waals surface area contributed by atoms with Gasteiger partial charge in [0, 0.05) is 18.3 Å². The molecule has 0 radical (unpaired) electrons. The number of carbonyl (C=O) groups is 1. The molecule has 0 saturated carbocycles. The molecule has 0 fully saturated rings. The Morgan fingerprint density at radius 3 is 2.42 bits per heavy atom. The normalized spacial score (nSPS) is 10.3. The molecule has 0 aliphatic rings. The van der Waals surface area contributed by atoms with Crippen LogP contribution in [0, 0.1) is 17.5 Å². The highest BCUT2D eigenvalue weighted by atomic mass is 79.9. The fraction of sp³-hybridized carbons (Fsp3) is 0. The van der Waals surface area contributed by atoms with E-state index in [1.54, 1.807) is 0 Å². The first-order valence-electron chi connectivity index (χ1n) is 5.05. The summed E-state index contributed by atoms with van der Waals surface area (Å²) in [6, 6.07) is 3.92. The van der Waals surface area contributed by atoms with Crippen LogP contribution in [0.3, 0.4) is 0 Å². The Bertz CT molecular complexity index is 632. The predicted molar refractivity (Wildman–Crippen MR) is 66.2 cm³/mol. The molecule has 0 atom stereocenters. The van der Waals surface area contributed by atoms with E-state index in [2.05, 4.69) is 26.2 Å². The Morgan fingerprint density at radius 1 is 1.11 bits per heavy atom. The molecule has 0 bridgehead atoms. The lowest BCUT2D eigenvalue weighted by molar-refractivity contribution is 0.102. The third-order valence-electron chi connectivity index (χ3n) is 2.25. The van der Waals surface area contributed by atoms with Gasteiger partial charge in [-0.15, -0.1) is 0 Å². The monoisotopic (exact) mass is 330 g/mol. The molecule has 0 aliphatic heterocycles. The highest BCUT2D eigenvalue weighted by Crippen LogP contribution is 2.19. The molecule has 0 aliphatic carbocycles. The third kappa shape index (κ3) is 3.11. The molecule has 19 heavy (non-hydrogen) atoms. The predicted octanol–water partition coefficient (Wildman–Crippen LogP) is 3.51. The largest absolute Gasteiger partial charge is 0.319 e. The zero-order chi connectivity index (χ0) is 14.0. The lowest BCUT2D eigenvalue weighted by atomic mass is 10.2. The lowest BCUT2D eigenvalue weighted by Crippen LogP contribution is -2.13. The summed E-state index contributed by atoms with van der Waals surface area (Å²) in [6.45, 7) is 0. The van der Waals surface area contributed by atoms with Gasteiger partial charge in [0.2, 0.25) is 0 Å². The average Bonchev–Trinajstić information content (AvgIpc) is 2.36. The summed E-state index contributed by atoms with van der Waals surface area (Å²) in [4.78, 5) is 15.5. The minimum absolute atomic E-state index is 0.160. The molecule has 0 unspecified atom stereocenters. The van der Waals surface area contributed by atoms with E-state index >= 15 is 0 Å². The summed E-state index contributed by atoms with van der Waals surface area (Å²) in [5, 5.41) is 2.14. The molecule has 1 aromatic carbocycles. The molecule has 1 amide bonds. The molecule has 3 nitrogen and oxygen atoms in total. The zero-order valence-corrected chi connectivity index (χ0v) is 10.8. The van der Waals surface area contributed by atoms with Crippen LogP contribution in [0.15, 0.2) is 35.1 Å². The second kappa shape index (κ2) is 5.40. The van der Waals surface area contributed by atoms with Crippen molar-refractivity contribution in [3.8, 4) is 0 Å². The molecule has 0 saturated heterocycles. The first-order chi connectivity index (χ1) is 8.97. The Hall–Kier alpha value is -1.89. The number of hydrogen-bond donors (Lipinski definition) is 1. The molecule has 2 aromatic rings. The molecule has 0 spiro atoms. The molecular weight excluding hydrogens is 325 g/mol. The van der Waals surface area contributed by atoms with E-state index in [4.69, 9.17) is 0 Å². The fourth-order valence-electron chi connectivity index (χ4n) is 1.32. The Morgan fingerprint density at radius 2 is 1.79 bits per heavy atom. The van der Waals surface area contributed by atoms with Crippen LogP contribution in [0.5, 0.6) is 0 Å². The molecule has 1 heterocycles. The fourth-order valence-corrected chi connectivity index (χ4v) is 1.56. The lowest BCUT2D eigenvalue weighted by Gasteiger charge is -2.07. The van der Waals surface area contributed by atoms with Gasteiger partial charge in [-0.05, 0) is 28.1 Å². The highest BCUT2D eigenvalue weighted by Gasteiger charge is 2.13. The van der Waals surface area contributed by atoms with Gasteiger partial charge in [0.15, 0.2) is 11.6 Å². The van der Waals surface area contributed by atoms with Gasteiger partial charge in [0.25, 0.3) is 5.91 Å². The average molecular weight is 331 g/mol. The van der Waals surface area contributed by atoms with Crippen LogP contribution in [0.1, 0.15) is 10.4 Å². The van der Waals surface area contributed by atoms with E-state index in [0.29, 0.717) is 16.7 Å². The Kier molecular flexibility index (Phi) is 3.84. The Labute approximate surface area is 114 Å². The van der Waals surface area contributed by atoms with Gasteiger partial charge < -0.3 is 5.32 Å². The van der Waals surface area contributed by atoms with Crippen molar-refractivity contribution in [2.45, 2.75) is 0 Å². The number of nitrogens with one attached hydrogen (secondary N) is 1. The van der Waals surface area contributed by atoms with Crippen LogP contribution < -0.4 is 5.32 Å². The van der Waals surface area contributed by atoms with Crippen molar-refractivity contribution in [3.63, 3.8) is 0 Å². The smallest absolute Gasteiger partial charge is 0.257 e. The maximum Gasteiger partial charge on any atom is 0.257 e. The number of halogens is 4. The van der Waals surface area contributed by atoms with E-state index in [1.165, 1.54) is 18.3 Å². The minimum atomic E-state index is -1.32. The van der Waals surface area contributed by atoms with Crippen LogP contribution in [-0.2, 0) is 0 Å². The van der Waals surface area contributed by atoms with Gasteiger partial charge in [-0.2, -0.15) is 0 Å². The van der Waals surface area contributed by atoms with Crippen molar-refractivity contribution < 1.29 is 18.0 Å². The molecule has 1 aromatic heterocycles. The van der Waals surface area contributed by atoms with E-state index in [9.17, 15) is 18.0 Å². The molecule has 98 valence electrons. The Balaban J connectivity index is 2.24. The number of carbonyl (C=O) groups excluding carboxylic acids is 1. The van der Waals surface area contributed by atoms with Gasteiger partial charge in [0.1, 0.15) is 10.4 Å². The van der Waals surface area contributed by atoms with Crippen molar-refractivity contribution in [1.82, 2.24) is 4.98 Å². The third-order valence-corrected chi connectivity index (χ3v) is 2.72. The number of hydrogen-bond acceptors (Lipinski definition) is 2. The van der Waals surface area contributed by atoms with E-state index in [1.807, 2.05) is 0 Å². The summed E-state index contributed by atoms with van der Waals surface area (Å²) in [5.41, 5.74) is -0.279. The summed E-state index contributed by atoms with van der Waals surface area (Å²) in [5.74, 6) is -4.30. The second-order valence-corrected chi connectivity index (χ2v) is 4.38. The van der Waals surface area contributed by atoms with Gasteiger partial charge in [-0.1, -0.05) is 0 Å². The summed E-state index contributed by atoms with van der Waals surface area (Å²) in [6.07, 6.45) is 1.26. The van der Waals surface area contributed by atoms with Crippen LogP contribution in [0.2, 0.25) is 0 Å². The van der Waals surface area contributed by atoms with Crippen LogP contribution >= 0.6 is 15.9 Å². The van der Waals surface area contributed by atoms with E-state index in [0.717, 1.165) is 0 Å². The molecular formula is C12H6BrF3N2O. The zero-order valence-electron chi connectivity index (χ0n) is 9.25. The van der Waals surface area contributed by atoms with Gasteiger partial charge in [-0.25, -0.2) is 18.2 Å². The number of anilines is 1. The van der Waals surface area contributed by atoms with Gasteiger partial charge in [-0.3, -0.25) is 4.79 Å². The number of benzene rings is 1. The van der Waals surface area contributed by atoms with Crippen molar-refractivity contribution in [2.75, 3.05) is 5.32 Å². The maximum atomic E-state index is 13.3. The molecule has 1 N–H and O–H groups in total. The standard InChI is InChI=1S/C12H6BrF3N2O/c13-11-2-1-6(5-17-11)12(19)18-10-4-8(15)7(14)3-9(10)16/h1-5H,(H,18,19). The number of aromatic nitrogens is 1. The number of amides is 1. The molecule has 7 heteroatoms. The van der Waals surface area contributed by atoms with Crippen molar-refractivity contribution in [1.29, 1.82) is 0 Å². The summed E-state index contributed by atoms with van der Waals surface area (Å²) < 4.78 is 39.5. The van der Waals surface area contributed by atoms with Crippen molar-refractivity contribution in [3.05, 3.63) is 58.1 Å². The first kappa shape index (κ1) is 13.5. The summed E-state index contributed by atoms with van der Waals surface area (Å²) in [7, 11) is 0. The maximum absolute atomic E-state index is 13.3. The molecule has 2 rings (SSSR count). The van der Waals surface area contributed by atoms with Crippen LogP contribution in [0.25, 0.3) is 0 Å². The topological polar surface area (TPSA) is 42.0 Å². The van der Waals surface area contributed by atoms with Gasteiger partial charge in [0.05, 0.1) is 11.3 Å². The van der Waals surface area contributed by atoms with Crippen molar-refractivity contribution >= 4 is 27.5 Å². The van der Waals surface area contributed by atoms with E-state index < -0.39 is 29.0 Å². The first-order valence-corrected chi connectivity index (χ1v) is 5.84. The SMILES string of the molecule is O=C(Nc1cc(F)c(F)cc1F)c1ccc(Br)nc1. The van der Waals surface area contributed by atoms with Crippen LogP contribution in [0.4, 0.5) is 18.9 Å². The second-order valence-electron chi connectivity index (χ2n) is 3.57. The summed E-state index contributed by atoms with van der Waals surface area (Å²) >= 11 is 3.10. The number of rotatable bonds is 2. The van der Waals surface area contributed by atoms with Gasteiger partial charge >= 0.3 is 0 Å². The van der Waals surface area contributed by atoms with Crippen molar-refractivity contribution in [2.24, 2.45) is 0 Å². The highest BCUT2D eigenvalue weighted by molar-refractivity contribution is 9.10.